The molecule has 2 rings (SSSR count). The van der Waals surface area contributed by atoms with E-state index in [-0.39, 0.29) is 36.6 Å². The van der Waals surface area contributed by atoms with Gasteiger partial charge in [-0.15, -0.1) is 24.8 Å². The van der Waals surface area contributed by atoms with Crippen molar-refractivity contribution in [3.63, 3.8) is 0 Å². The van der Waals surface area contributed by atoms with E-state index >= 15 is 0 Å². The van der Waals surface area contributed by atoms with Crippen molar-refractivity contribution >= 4 is 36.6 Å². The smallest absolute Gasteiger partial charge is 0.236 e. The van der Waals surface area contributed by atoms with E-state index < -0.39 is 0 Å². The Morgan fingerprint density at radius 1 is 1.04 bits per heavy atom. The molecule has 2 N–H and O–H groups in total. The fourth-order valence-electron chi connectivity index (χ4n) is 3.36. The Morgan fingerprint density at radius 2 is 1.69 bits per heavy atom. The molecule has 9 heteroatoms. The molecule has 1 saturated heterocycles. The van der Waals surface area contributed by atoms with Crippen LogP contribution in [0.1, 0.15) is 32.1 Å². The van der Waals surface area contributed by atoms with E-state index in [9.17, 15) is 9.59 Å². The van der Waals surface area contributed by atoms with Gasteiger partial charge in [0.25, 0.3) is 0 Å². The van der Waals surface area contributed by atoms with E-state index in [0.29, 0.717) is 45.4 Å². The van der Waals surface area contributed by atoms with E-state index in [1.807, 2.05) is 4.90 Å². The molecule has 1 aliphatic carbocycles. The molecule has 1 aliphatic heterocycles. The molecular weight excluding hydrogens is 379 g/mol. The molecule has 0 radical (unpaired) electrons. The van der Waals surface area contributed by atoms with Crippen LogP contribution in [0.25, 0.3) is 0 Å². The standard InChI is InChI=1S/C17H32N4O3.2ClH/c1-24-12-7-18-13-17(23)21-10-8-20(9-11-21)14-16(22)19-15-5-3-2-4-6-15;;/h15,18H,2-14H2,1H3,(H,19,22);2*1H. The van der Waals surface area contributed by atoms with Crippen LogP contribution in [0.4, 0.5) is 0 Å². The number of hydrogen-bond acceptors (Lipinski definition) is 5. The number of amides is 2. The average molecular weight is 413 g/mol. The minimum absolute atomic E-state index is 0. The van der Waals surface area contributed by atoms with Gasteiger partial charge in [-0.3, -0.25) is 14.5 Å². The third-order valence-corrected chi connectivity index (χ3v) is 4.82. The molecule has 0 atom stereocenters. The first-order chi connectivity index (χ1) is 11.7. The molecule has 0 spiro atoms. The molecule has 2 aliphatic rings. The summed E-state index contributed by atoms with van der Waals surface area (Å²) in [6, 6.07) is 0.368. The fourth-order valence-corrected chi connectivity index (χ4v) is 3.36. The number of halogens is 2. The number of nitrogens with zero attached hydrogens (tertiary/aromatic N) is 2. The molecule has 0 aromatic rings. The Labute approximate surface area is 169 Å². The maximum absolute atomic E-state index is 12.1. The van der Waals surface area contributed by atoms with Gasteiger partial charge in [-0.2, -0.15) is 0 Å². The summed E-state index contributed by atoms with van der Waals surface area (Å²) in [6.45, 7) is 5.02. The van der Waals surface area contributed by atoms with Crippen molar-refractivity contribution in [2.45, 2.75) is 38.1 Å². The molecule has 7 nitrogen and oxygen atoms in total. The summed E-state index contributed by atoms with van der Waals surface area (Å²) in [7, 11) is 1.65. The number of nitrogens with one attached hydrogen (secondary N) is 2. The predicted octanol–water partition coefficient (Wildman–Crippen LogP) is 0.659. The summed E-state index contributed by atoms with van der Waals surface area (Å²) in [6.07, 6.45) is 5.98. The zero-order valence-electron chi connectivity index (χ0n) is 15.7. The van der Waals surface area contributed by atoms with Crippen LogP contribution in [0, 0.1) is 0 Å². The highest BCUT2D eigenvalue weighted by Gasteiger charge is 2.23. The van der Waals surface area contributed by atoms with Crippen LogP contribution in [0.3, 0.4) is 0 Å². The van der Waals surface area contributed by atoms with Gasteiger partial charge in [0.15, 0.2) is 0 Å². The van der Waals surface area contributed by atoms with Crippen molar-refractivity contribution < 1.29 is 14.3 Å². The monoisotopic (exact) mass is 412 g/mol. The molecule has 1 saturated carbocycles. The molecular formula is C17H34Cl2N4O3. The van der Waals surface area contributed by atoms with Gasteiger partial charge in [0.05, 0.1) is 19.7 Å². The van der Waals surface area contributed by atoms with Crippen molar-refractivity contribution in [1.82, 2.24) is 20.4 Å². The average Bonchev–Trinajstić information content (AvgIpc) is 2.60. The van der Waals surface area contributed by atoms with Crippen molar-refractivity contribution in [3.8, 4) is 0 Å². The van der Waals surface area contributed by atoms with Crippen LogP contribution < -0.4 is 10.6 Å². The van der Waals surface area contributed by atoms with Crippen LogP contribution in [0.15, 0.2) is 0 Å². The summed E-state index contributed by atoms with van der Waals surface area (Å²) < 4.78 is 4.94. The van der Waals surface area contributed by atoms with Gasteiger partial charge >= 0.3 is 0 Å². The molecule has 154 valence electrons. The third-order valence-electron chi connectivity index (χ3n) is 4.82. The van der Waals surface area contributed by atoms with E-state index in [2.05, 4.69) is 15.5 Å². The second-order valence-corrected chi connectivity index (χ2v) is 6.73. The van der Waals surface area contributed by atoms with E-state index in [1.165, 1.54) is 19.3 Å². The molecule has 0 aromatic carbocycles. The number of methoxy groups -OCH3 is 1. The number of hydrogen-bond donors (Lipinski definition) is 2. The quantitative estimate of drug-likeness (QED) is 0.572. The molecule has 26 heavy (non-hydrogen) atoms. The van der Waals surface area contributed by atoms with Gasteiger partial charge in [-0.05, 0) is 12.8 Å². The Kier molecular flexibility index (Phi) is 14.1. The van der Waals surface area contributed by atoms with Crippen LogP contribution in [0.2, 0.25) is 0 Å². The summed E-state index contributed by atoms with van der Waals surface area (Å²) in [5, 5.41) is 6.24. The first-order valence-corrected chi connectivity index (χ1v) is 9.18. The lowest BCUT2D eigenvalue weighted by Crippen LogP contribution is -2.53. The Morgan fingerprint density at radius 3 is 2.31 bits per heavy atom. The number of rotatable bonds is 8. The Hall–Kier alpha value is -0.600. The van der Waals surface area contributed by atoms with E-state index in [1.54, 1.807) is 7.11 Å². The largest absolute Gasteiger partial charge is 0.383 e. The minimum Gasteiger partial charge on any atom is -0.383 e. The molecule has 0 unspecified atom stereocenters. The van der Waals surface area contributed by atoms with Gasteiger partial charge in [-0.25, -0.2) is 0 Å². The third kappa shape index (κ3) is 9.37. The Bertz CT molecular complexity index is 401. The molecule has 1 heterocycles. The molecule has 2 fully saturated rings. The minimum atomic E-state index is 0. The number of ether oxygens (including phenoxy) is 1. The van der Waals surface area contributed by atoms with Crippen LogP contribution in [-0.2, 0) is 14.3 Å². The maximum atomic E-state index is 12.1. The normalized spacial score (nSPS) is 18.6. The summed E-state index contributed by atoms with van der Waals surface area (Å²) in [5.74, 6) is 0.250. The summed E-state index contributed by atoms with van der Waals surface area (Å²) >= 11 is 0. The topological polar surface area (TPSA) is 73.9 Å². The van der Waals surface area contributed by atoms with Crippen molar-refractivity contribution in [1.29, 1.82) is 0 Å². The highest BCUT2D eigenvalue weighted by Crippen LogP contribution is 2.17. The number of piperazine rings is 1. The second-order valence-electron chi connectivity index (χ2n) is 6.73. The molecule has 2 amide bonds. The van der Waals surface area contributed by atoms with Crippen molar-refractivity contribution in [2.75, 3.05) is 59.5 Å². The molecule has 0 aromatic heterocycles. The van der Waals surface area contributed by atoms with Gasteiger partial charge in [0.1, 0.15) is 0 Å². The molecule has 0 bridgehead atoms. The van der Waals surface area contributed by atoms with E-state index in [4.69, 9.17) is 4.74 Å². The van der Waals surface area contributed by atoms with Crippen LogP contribution in [0.5, 0.6) is 0 Å². The lowest BCUT2D eigenvalue weighted by Gasteiger charge is -2.34. The zero-order valence-corrected chi connectivity index (χ0v) is 17.3. The highest BCUT2D eigenvalue weighted by molar-refractivity contribution is 5.85. The van der Waals surface area contributed by atoms with Crippen molar-refractivity contribution in [2.24, 2.45) is 0 Å². The fraction of sp³-hybridized carbons (Fsp3) is 0.882. The summed E-state index contributed by atoms with van der Waals surface area (Å²) in [4.78, 5) is 28.2. The Balaban J connectivity index is 0.00000312. The number of carbonyl (C=O) groups excluding carboxylic acids is 2. The SMILES string of the molecule is COCCNCC(=O)N1CCN(CC(=O)NC2CCCCC2)CC1.Cl.Cl. The zero-order chi connectivity index (χ0) is 17.2. The summed E-state index contributed by atoms with van der Waals surface area (Å²) in [5.41, 5.74) is 0. The highest BCUT2D eigenvalue weighted by atomic mass is 35.5. The second kappa shape index (κ2) is 14.5. The first kappa shape index (κ1) is 25.4. The van der Waals surface area contributed by atoms with Gasteiger partial charge in [0.2, 0.25) is 11.8 Å². The first-order valence-electron chi connectivity index (χ1n) is 9.18. The number of carbonyl (C=O) groups is 2. The maximum Gasteiger partial charge on any atom is 0.236 e. The van der Waals surface area contributed by atoms with Gasteiger partial charge < -0.3 is 20.3 Å². The lowest BCUT2D eigenvalue weighted by molar-refractivity contribution is -0.132. The van der Waals surface area contributed by atoms with Crippen LogP contribution >= 0.6 is 24.8 Å². The lowest BCUT2D eigenvalue weighted by atomic mass is 9.95. The van der Waals surface area contributed by atoms with Gasteiger partial charge in [0, 0.05) is 45.9 Å². The van der Waals surface area contributed by atoms with Crippen molar-refractivity contribution in [3.05, 3.63) is 0 Å². The van der Waals surface area contributed by atoms with Crippen LogP contribution in [-0.4, -0.2) is 87.2 Å². The van der Waals surface area contributed by atoms with E-state index in [0.717, 1.165) is 25.9 Å². The predicted molar refractivity (Wildman–Crippen MR) is 107 cm³/mol. The van der Waals surface area contributed by atoms with Gasteiger partial charge in [-0.1, -0.05) is 19.3 Å².